The maximum absolute atomic E-state index is 12.5. The zero-order valence-corrected chi connectivity index (χ0v) is 8.79. The highest BCUT2D eigenvalue weighted by Crippen LogP contribution is 2.58. The largest absolute Gasteiger partial charge is 0.460 e. The van der Waals surface area contributed by atoms with Crippen molar-refractivity contribution >= 4 is 0 Å². The summed E-state index contributed by atoms with van der Waals surface area (Å²) in [5, 5.41) is 0. The maximum Gasteiger partial charge on any atom is 0.460 e. The first-order valence-electron chi connectivity index (χ1n) is 4.15. The molecule has 0 aliphatic heterocycles. The van der Waals surface area contributed by atoms with Gasteiger partial charge in [0.15, 0.2) is 6.42 Å². The van der Waals surface area contributed by atoms with Crippen molar-refractivity contribution in [3.05, 3.63) is 6.42 Å². The molecular weight excluding hydrogens is 350 g/mol. The lowest BCUT2D eigenvalue weighted by molar-refractivity contribution is -0.420. The first kappa shape index (κ1) is 20.0. The van der Waals surface area contributed by atoms with E-state index in [1.807, 2.05) is 0 Å². The molecule has 0 aromatic rings. The Labute approximate surface area is 105 Å². The Bertz CT molecular complexity index is 370. The molecule has 0 saturated heterocycles. The molecule has 0 aliphatic rings. The fourth-order valence-corrected chi connectivity index (χ4v) is 0.829. The summed E-state index contributed by atoms with van der Waals surface area (Å²) in [6.07, 6.45) is -15.3. The molecule has 0 aromatic heterocycles. The average Bonchev–Trinajstić information content (AvgIpc) is 2.10. The molecule has 0 nitrogen and oxygen atoms in total. The van der Waals surface area contributed by atoms with Crippen LogP contribution in [0.1, 0.15) is 0 Å². The van der Waals surface area contributed by atoms with Crippen LogP contribution in [-0.4, -0.2) is 36.0 Å². The van der Waals surface area contributed by atoms with Crippen molar-refractivity contribution in [2.45, 2.75) is 36.0 Å². The van der Waals surface area contributed by atoms with E-state index in [9.17, 15) is 61.5 Å². The fraction of sp³-hybridized carbons (Fsp3) is 0.857. The van der Waals surface area contributed by atoms with Crippen molar-refractivity contribution < 1.29 is 61.5 Å². The quantitative estimate of drug-likeness (QED) is 0.643. The lowest BCUT2D eigenvalue weighted by Crippen LogP contribution is -2.67. The zero-order chi connectivity index (χ0) is 17.7. The number of hydrogen-bond donors (Lipinski definition) is 0. The molecule has 0 aromatic carbocycles. The Kier molecular flexibility index (Phi) is 4.54. The van der Waals surface area contributed by atoms with Crippen LogP contribution in [0.15, 0.2) is 0 Å². The number of rotatable bonds is 4. The summed E-state index contributed by atoms with van der Waals surface area (Å²) in [4.78, 5) is 0. The van der Waals surface area contributed by atoms with Gasteiger partial charge in [-0.2, -0.15) is 61.5 Å². The summed E-state index contributed by atoms with van der Waals surface area (Å²) in [7, 11) is 0. The molecule has 0 bridgehead atoms. The Morgan fingerprint density at radius 1 is 0.429 bits per heavy atom. The molecule has 0 spiro atoms. The summed E-state index contributed by atoms with van der Waals surface area (Å²) in [6.45, 7) is 0. The normalized spacial score (nSPS) is 16.3. The first-order chi connectivity index (χ1) is 8.71. The molecule has 0 rings (SSSR count). The molecule has 2 radical (unpaired) electrons. The number of hydrogen-bond acceptors (Lipinski definition) is 0. The molecule has 0 atom stereocenters. The van der Waals surface area contributed by atoms with Crippen LogP contribution in [-0.2, 0) is 0 Å². The Morgan fingerprint density at radius 2 is 0.762 bits per heavy atom. The molecule has 0 heterocycles. The van der Waals surface area contributed by atoms with Crippen molar-refractivity contribution in [1.29, 1.82) is 0 Å². The van der Waals surface area contributed by atoms with Gasteiger partial charge in [0.1, 0.15) is 0 Å². The van der Waals surface area contributed by atoms with Gasteiger partial charge < -0.3 is 0 Å². The topological polar surface area (TPSA) is 0 Å². The molecule has 0 saturated carbocycles. The molecular formula is C7F14. The molecule has 14 heteroatoms. The summed E-state index contributed by atoms with van der Waals surface area (Å²) in [5.41, 5.74) is 0. The monoisotopic (exact) mass is 350 g/mol. The minimum Gasteiger partial charge on any atom is -0.199 e. The van der Waals surface area contributed by atoms with Crippen molar-refractivity contribution in [3.63, 3.8) is 0 Å². The SMILES string of the molecule is FC(F)(F)[C]C(F)(F)C(F)(F)C(F)(F)C(F)(F)C(F)(F)F. The van der Waals surface area contributed by atoms with Crippen LogP contribution < -0.4 is 0 Å². The van der Waals surface area contributed by atoms with E-state index in [0.717, 1.165) is 0 Å². The highest BCUT2D eigenvalue weighted by molar-refractivity contribution is 5.11. The highest BCUT2D eigenvalue weighted by atomic mass is 19.4. The van der Waals surface area contributed by atoms with Gasteiger partial charge in [0, 0.05) is 0 Å². The second kappa shape index (κ2) is 4.76. The fourth-order valence-electron chi connectivity index (χ4n) is 0.829. The van der Waals surface area contributed by atoms with Gasteiger partial charge in [-0.15, -0.1) is 0 Å². The van der Waals surface area contributed by atoms with E-state index in [-0.39, 0.29) is 0 Å². The van der Waals surface area contributed by atoms with Crippen molar-refractivity contribution in [2.75, 3.05) is 0 Å². The lowest BCUT2D eigenvalue weighted by Gasteiger charge is -2.37. The van der Waals surface area contributed by atoms with E-state index in [1.165, 1.54) is 0 Å². The smallest absolute Gasteiger partial charge is 0.199 e. The first-order valence-corrected chi connectivity index (χ1v) is 4.15. The third-order valence-corrected chi connectivity index (χ3v) is 1.84. The predicted molar refractivity (Wildman–Crippen MR) is 35.1 cm³/mol. The van der Waals surface area contributed by atoms with E-state index in [2.05, 4.69) is 0 Å². The zero-order valence-electron chi connectivity index (χ0n) is 8.79. The van der Waals surface area contributed by atoms with Gasteiger partial charge in [0.05, 0.1) is 0 Å². The summed E-state index contributed by atoms with van der Waals surface area (Å²) < 4.78 is 168. The van der Waals surface area contributed by atoms with Gasteiger partial charge in [0.25, 0.3) is 0 Å². The Morgan fingerprint density at radius 3 is 1.00 bits per heavy atom. The van der Waals surface area contributed by atoms with E-state index in [1.54, 1.807) is 0 Å². The van der Waals surface area contributed by atoms with E-state index >= 15 is 0 Å². The van der Waals surface area contributed by atoms with E-state index < -0.39 is 42.5 Å². The Balaban J connectivity index is 5.89. The number of alkyl halides is 14. The molecule has 0 N–H and O–H groups in total. The molecule has 0 aliphatic carbocycles. The van der Waals surface area contributed by atoms with Gasteiger partial charge in [-0.3, -0.25) is 0 Å². The van der Waals surface area contributed by atoms with Crippen molar-refractivity contribution in [3.8, 4) is 0 Å². The molecule has 126 valence electrons. The maximum atomic E-state index is 12.5. The van der Waals surface area contributed by atoms with Gasteiger partial charge >= 0.3 is 36.0 Å². The van der Waals surface area contributed by atoms with Crippen LogP contribution >= 0.6 is 0 Å². The third-order valence-electron chi connectivity index (χ3n) is 1.84. The van der Waals surface area contributed by atoms with Crippen LogP contribution in [0, 0.1) is 6.42 Å². The standard InChI is InChI=1S/C7F14/c8-2(9,1-3(10,11)12)4(13,14)5(15,16)6(17,18)7(19,20)21. The van der Waals surface area contributed by atoms with Crippen LogP contribution in [0.25, 0.3) is 0 Å². The van der Waals surface area contributed by atoms with Crippen LogP contribution in [0.3, 0.4) is 0 Å². The average molecular weight is 350 g/mol. The molecule has 21 heavy (non-hydrogen) atoms. The number of halogens is 14. The van der Waals surface area contributed by atoms with E-state index in [4.69, 9.17) is 0 Å². The second-order valence-corrected chi connectivity index (χ2v) is 3.42. The molecule has 0 amide bonds. The highest BCUT2D eigenvalue weighted by Gasteiger charge is 2.87. The summed E-state index contributed by atoms with van der Waals surface area (Å²) >= 11 is 0. The second-order valence-electron chi connectivity index (χ2n) is 3.42. The van der Waals surface area contributed by atoms with Gasteiger partial charge in [0.2, 0.25) is 0 Å². The summed E-state index contributed by atoms with van der Waals surface area (Å²) in [5.74, 6) is -30.5. The minimum atomic E-state index is -7.88. The minimum absolute atomic E-state index is 1.40. The van der Waals surface area contributed by atoms with Gasteiger partial charge in [-0.05, 0) is 0 Å². The van der Waals surface area contributed by atoms with Gasteiger partial charge in [-0.1, -0.05) is 0 Å². The van der Waals surface area contributed by atoms with Crippen LogP contribution in [0.5, 0.6) is 0 Å². The Hall–Kier alpha value is -0.980. The lowest BCUT2D eigenvalue weighted by atomic mass is 9.96. The molecule has 0 fully saturated rings. The van der Waals surface area contributed by atoms with Gasteiger partial charge in [-0.25, -0.2) is 0 Å². The van der Waals surface area contributed by atoms with Crippen molar-refractivity contribution in [2.24, 2.45) is 0 Å². The molecule has 0 unspecified atom stereocenters. The predicted octanol–water partition coefficient (Wildman–Crippen LogP) is 4.73. The van der Waals surface area contributed by atoms with Crippen molar-refractivity contribution in [1.82, 2.24) is 0 Å². The van der Waals surface area contributed by atoms with Crippen LogP contribution in [0.4, 0.5) is 61.5 Å². The third kappa shape index (κ3) is 3.27. The van der Waals surface area contributed by atoms with Crippen LogP contribution in [0.2, 0.25) is 0 Å². The summed E-state index contributed by atoms with van der Waals surface area (Å²) in [6, 6.07) is 0. The van der Waals surface area contributed by atoms with E-state index in [0.29, 0.717) is 0 Å².